The number of benzene rings is 2. The van der Waals surface area contributed by atoms with Crippen LogP contribution in [0.5, 0.6) is 0 Å². The molecule has 0 unspecified atom stereocenters. The van der Waals surface area contributed by atoms with E-state index in [4.69, 9.17) is 5.73 Å². The number of nitrogen functional groups attached to an aromatic ring is 1. The summed E-state index contributed by atoms with van der Waals surface area (Å²) in [7, 11) is 0. The largest absolute Gasteiger partial charge is 0.384 e. The number of aromatic nitrogens is 1. The molecule has 3 amide bonds. The minimum absolute atomic E-state index is 0.0910. The lowest BCUT2D eigenvalue weighted by molar-refractivity contribution is -0.133. The second-order valence-corrected chi connectivity index (χ2v) is 9.13. The number of nitrogens with two attached hydrogens (primary N) is 1. The number of piperidine rings is 1. The number of nitrogens with zero attached hydrogens (tertiary/aromatic N) is 3. The molecule has 2 fully saturated rings. The van der Waals surface area contributed by atoms with Gasteiger partial charge in [-0.2, -0.15) is 0 Å². The van der Waals surface area contributed by atoms with E-state index in [-0.39, 0.29) is 11.9 Å². The molecule has 0 bridgehead atoms. The summed E-state index contributed by atoms with van der Waals surface area (Å²) in [6, 6.07) is 23.4. The first-order valence-electron chi connectivity index (χ1n) is 11.7. The third kappa shape index (κ3) is 4.52. The van der Waals surface area contributed by atoms with Crippen molar-refractivity contribution in [2.75, 3.05) is 25.4 Å². The van der Waals surface area contributed by atoms with Crippen LogP contribution in [0.1, 0.15) is 24.0 Å². The average molecular weight is 456 g/mol. The highest BCUT2D eigenvalue weighted by Gasteiger charge is 2.52. The van der Waals surface area contributed by atoms with Gasteiger partial charge in [0.1, 0.15) is 11.4 Å². The number of urea groups is 1. The summed E-state index contributed by atoms with van der Waals surface area (Å²) >= 11 is 0. The smallest absolute Gasteiger partial charge is 0.325 e. The van der Waals surface area contributed by atoms with Crippen LogP contribution in [0.2, 0.25) is 0 Å². The highest BCUT2D eigenvalue weighted by molar-refractivity contribution is 6.07. The van der Waals surface area contributed by atoms with Crippen LogP contribution in [-0.2, 0) is 17.8 Å². The van der Waals surface area contributed by atoms with E-state index in [1.54, 1.807) is 6.07 Å². The third-order valence-electron chi connectivity index (χ3n) is 6.88. The summed E-state index contributed by atoms with van der Waals surface area (Å²) < 4.78 is 0. The number of pyridine rings is 1. The average Bonchev–Trinajstić information content (AvgIpc) is 3.08. The standard InChI is InChI=1S/C27H29N5O2/c28-24-8-4-7-23(29-24)22-11-9-20(10-12-22)13-16-31-17-14-27(15-18-31)25(33)32(26(34)30-27)19-21-5-2-1-3-6-21/h1-12H,13-19H2,(H2,28,29)(H,30,34). The number of carbonyl (C=O) groups is 2. The number of rotatable bonds is 6. The van der Waals surface area contributed by atoms with Gasteiger partial charge in [-0.25, -0.2) is 9.78 Å². The van der Waals surface area contributed by atoms with Crippen molar-refractivity contribution in [2.45, 2.75) is 31.3 Å². The Hall–Kier alpha value is -3.71. The minimum Gasteiger partial charge on any atom is -0.384 e. The van der Waals surface area contributed by atoms with E-state index in [1.165, 1.54) is 10.5 Å². The maximum Gasteiger partial charge on any atom is 0.325 e. The number of hydrogen-bond acceptors (Lipinski definition) is 5. The van der Waals surface area contributed by atoms with Gasteiger partial charge in [0.25, 0.3) is 5.91 Å². The summed E-state index contributed by atoms with van der Waals surface area (Å²) in [5.41, 5.74) is 9.17. The van der Waals surface area contributed by atoms with Crippen molar-refractivity contribution in [1.82, 2.24) is 20.1 Å². The number of likely N-dealkylation sites (tertiary alicyclic amines) is 1. The Kier molecular flexibility index (Phi) is 6.02. The predicted octanol–water partition coefficient (Wildman–Crippen LogP) is 3.46. The van der Waals surface area contributed by atoms with E-state index in [2.05, 4.69) is 39.5 Å². The number of hydrogen-bond donors (Lipinski definition) is 2. The number of imide groups is 1. The normalized spacial score (nSPS) is 17.8. The van der Waals surface area contributed by atoms with Crippen molar-refractivity contribution in [1.29, 1.82) is 0 Å². The maximum absolute atomic E-state index is 13.2. The molecule has 3 heterocycles. The molecule has 5 rings (SSSR count). The van der Waals surface area contributed by atoms with E-state index in [1.807, 2.05) is 42.5 Å². The van der Waals surface area contributed by atoms with Crippen molar-refractivity contribution >= 4 is 17.8 Å². The van der Waals surface area contributed by atoms with Crippen LogP contribution in [0.4, 0.5) is 10.6 Å². The van der Waals surface area contributed by atoms with Gasteiger partial charge in [0.15, 0.2) is 0 Å². The zero-order valence-electron chi connectivity index (χ0n) is 19.1. The lowest BCUT2D eigenvalue weighted by Gasteiger charge is -2.37. The molecule has 2 aliphatic rings. The third-order valence-corrected chi connectivity index (χ3v) is 6.88. The van der Waals surface area contributed by atoms with Crippen molar-refractivity contribution in [3.63, 3.8) is 0 Å². The fourth-order valence-corrected chi connectivity index (χ4v) is 4.82. The molecule has 2 saturated heterocycles. The zero-order chi connectivity index (χ0) is 23.5. The molecule has 3 N–H and O–H groups in total. The molecule has 1 spiro atoms. The summed E-state index contributed by atoms with van der Waals surface area (Å²) in [4.78, 5) is 33.8. The summed E-state index contributed by atoms with van der Waals surface area (Å²) in [6.45, 7) is 2.81. The molecular weight excluding hydrogens is 426 g/mol. The molecule has 0 atom stereocenters. The predicted molar refractivity (Wildman–Crippen MR) is 132 cm³/mol. The molecular formula is C27H29N5O2. The van der Waals surface area contributed by atoms with Crippen molar-refractivity contribution in [2.24, 2.45) is 0 Å². The van der Waals surface area contributed by atoms with Gasteiger partial charge in [-0.3, -0.25) is 9.69 Å². The Labute approximate surface area is 199 Å². The Morgan fingerprint density at radius 1 is 0.882 bits per heavy atom. The second-order valence-electron chi connectivity index (χ2n) is 9.13. The Morgan fingerprint density at radius 2 is 1.62 bits per heavy atom. The highest BCUT2D eigenvalue weighted by Crippen LogP contribution is 2.30. The van der Waals surface area contributed by atoms with E-state index >= 15 is 0 Å². The molecule has 2 aliphatic heterocycles. The molecule has 0 aliphatic carbocycles. The van der Waals surface area contributed by atoms with Crippen molar-refractivity contribution in [3.8, 4) is 11.3 Å². The Balaban J connectivity index is 1.14. The van der Waals surface area contributed by atoms with E-state index < -0.39 is 5.54 Å². The fourth-order valence-electron chi connectivity index (χ4n) is 4.82. The molecule has 1 aromatic heterocycles. The lowest BCUT2D eigenvalue weighted by atomic mass is 9.87. The van der Waals surface area contributed by atoms with Crippen LogP contribution in [-0.4, -0.2) is 51.9 Å². The first-order chi connectivity index (χ1) is 16.5. The first kappa shape index (κ1) is 22.1. The van der Waals surface area contributed by atoms with Crippen LogP contribution >= 0.6 is 0 Å². The summed E-state index contributed by atoms with van der Waals surface area (Å²) in [6.07, 6.45) is 2.21. The molecule has 7 heteroatoms. The van der Waals surface area contributed by atoms with Gasteiger partial charge >= 0.3 is 6.03 Å². The van der Waals surface area contributed by atoms with E-state index in [9.17, 15) is 9.59 Å². The fraction of sp³-hybridized carbons (Fsp3) is 0.296. The van der Waals surface area contributed by atoms with Crippen LogP contribution in [0, 0.1) is 0 Å². The minimum atomic E-state index is -0.755. The monoisotopic (exact) mass is 455 g/mol. The first-order valence-corrected chi connectivity index (χ1v) is 11.7. The summed E-state index contributed by atoms with van der Waals surface area (Å²) in [5.74, 6) is 0.427. The van der Waals surface area contributed by atoms with Gasteiger partial charge in [0.05, 0.1) is 12.2 Å². The Bertz CT molecular complexity index is 1170. The van der Waals surface area contributed by atoms with Crippen LogP contribution < -0.4 is 11.1 Å². The molecule has 34 heavy (non-hydrogen) atoms. The van der Waals surface area contributed by atoms with Crippen molar-refractivity contribution < 1.29 is 9.59 Å². The van der Waals surface area contributed by atoms with Crippen LogP contribution in [0.25, 0.3) is 11.3 Å². The Morgan fingerprint density at radius 3 is 2.32 bits per heavy atom. The van der Waals surface area contributed by atoms with Crippen LogP contribution in [0.15, 0.2) is 72.8 Å². The van der Waals surface area contributed by atoms with Gasteiger partial charge in [-0.05, 0) is 42.5 Å². The lowest BCUT2D eigenvalue weighted by Crippen LogP contribution is -2.55. The van der Waals surface area contributed by atoms with E-state index in [0.29, 0.717) is 25.2 Å². The molecule has 2 aromatic carbocycles. The number of nitrogens with one attached hydrogen (secondary N) is 1. The molecule has 0 radical (unpaired) electrons. The maximum atomic E-state index is 13.2. The van der Waals surface area contributed by atoms with Gasteiger partial charge in [0.2, 0.25) is 0 Å². The van der Waals surface area contributed by atoms with Gasteiger partial charge in [-0.15, -0.1) is 0 Å². The molecule has 0 saturated carbocycles. The molecule has 7 nitrogen and oxygen atoms in total. The second kappa shape index (κ2) is 9.27. The SMILES string of the molecule is Nc1cccc(-c2ccc(CCN3CCC4(CC3)NC(=O)N(Cc3ccccc3)C4=O)cc2)n1. The highest BCUT2D eigenvalue weighted by atomic mass is 16.2. The number of carbonyl (C=O) groups excluding carboxylic acids is 2. The molecule has 3 aromatic rings. The topological polar surface area (TPSA) is 91.6 Å². The zero-order valence-corrected chi connectivity index (χ0v) is 19.1. The van der Waals surface area contributed by atoms with Crippen LogP contribution in [0.3, 0.4) is 0 Å². The van der Waals surface area contributed by atoms with Gasteiger partial charge < -0.3 is 16.0 Å². The quantitative estimate of drug-likeness (QED) is 0.556. The number of amides is 3. The molecule has 174 valence electrons. The van der Waals surface area contributed by atoms with E-state index in [0.717, 1.165) is 42.9 Å². The summed E-state index contributed by atoms with van der Waals surface area (Å²) in [5, 5.41) is 3.01. The van der Waals surface area contributed by atoms with Crippen molar-refractivity contribution in [3.05, 3.63) is 83.9 Å². The van der Waals surface area contributed by atoms with Gasteiger partial charge in [0, 0.05) is 25.2 Å². The van der Waals surface area contributed by atoms with Gasteiger partial charge in [-0.1, -0.05) is 60.7 Å². The number of anilines is 1.